The first-order chi connectivity index (χ1) is 19.9. The lowest BCUT2D eigenvalue weighted by atomic mass is 9.99. The van der Waals surface area contributed by atoms with Gasteiger partial charge in [0, 0.05) is 11.1 Å². The maximum absolute atomic E-state index is 6.70. The number of rotatable bonds is 6. The van der Waals surface area contributed by atoms with E-state index in [1.165, 1.54) is 32.3 Å². The molecule has 0 fully saturated rings. The summed E-state index contributed by atoms with van der Waals surface area (Å²) in [6.45, 7) is 0. The van der Waals surface area contributed by atoms with E-state index in [1.807, 2.05) is 0 Å². The van der Waals surface area contributed by atoms with Crippen LogP contribution in [0.25, 0.3) is 0 Å². The molecule has 3 heteroatoms. The van der Waals surface area contributed by atoms with Crippen LogP contribution < -0.4 is 26.0 Å². The predicted octanol–water partition coefficient (Wildman–Crippen LogP) is 8.26. The summed E-state index contributed by atoms with van der Waals surface area (Å²) in [5, 5.41) is 5.42. The summed E-state index contributed by atoms with van der Waals surface area (Å²) in [6, 6.07) is 62.0. The summed E-state index contributed by atoms with van der Waals surface area (Å²) in [6.07, 6.45) is 0. The van der Waals surface area contributed by atoms with Crippen molar-refractivity contribution in [2.75, 3.05) is 0 Å². The first-order valence-corrected chi connectivity index (χ1v) is 16.2. The van der Waals surface area contributed by atoms with E-state index in [0.29, 0.717) is 0 Å². The second-order valence-corrected chi connectivity index (χ2v) is 14.9. The molecule has 0 unspecified atom stereocenters. The summed E-state index contributed by atoms with van der Waals surface area (Å²) < 4.78 is 6.70. The highest BCUT2D eigenvalue weighted by Gasteiger charge is 2.55. The van der Waals surface area contributed by atoms with Crippen LogP contribution in [-0.4, -0.2) is 0 Å². The average Bonchev–Trinajstić information content (AvgIpc) is 3.03. The number of fused-ring (bicyclic) bond motifs is 2. The van der Waals surface area contributed by atoms with E-state index in [0.717, 1.165) is 11.5 Å². The lowest BCUT2D eigenvalue weighted by molar-refractivity contribution is 0.454. The van der Waals surface area contributed by atoms with Crippen molar-refractivity contribution in [3.8, 4) is 11.5 Å². The molecule has 1 heterocycles. The molecule has 0 amide bonds. The van der Waals surface area contributed by atoms with Gasteiger partial charge in [-0.05, 0) is 49.2 Å². The minimum Gasteiger partial charge on any atom is -0.457 e. The Morgan fingerprint density at radius 2 is 0.600 bits per heavy atom. The quantitative estimate of drug-likeness (QED) is 0.190. The zero-order chi connectivity index (χ0) is 26.8. The lowest BCUT2D eigenvalue weighted by Gasteiger charge is -2.51. The number of benzene rings is 6. The van der Waals surface area contributed by atoms with Gasteiger partial charge in [-0.2, -0.15) is 0 Å². The fourth-order valence-electron chi connectivity index (χ4n) is 5.89. The van der Waals surface area contributed by atoms with Crippen molar-refractivity contribution in [2.45, 2.75) is 4.90 Å². The summed E-state index contributed by atoms with van der Waals surface area (Å²) in [7, 11) is -1.93. The molecule has 7 rings (SSSR count). The van der Waals surface area contributed by atoms with Crippen molar-refractivity contribution < 1.29 is 4.74 Å². The van der Waals surface area contributed by atoms with Crippen LogP contribution in [0.5, 0.6) is 11.5 Å². The van der Waals surface area contributed by atoms with Crippen LogP contribution in [0, 0.1) is 0 Å². The molecule has 40 heavy (non-hydrogen) atoms. The molecular formula is C37H28OP2. The van der Waals surface area contributed by atoms with Gasteiger partial charge >= 0.3 is 0 Å². The minimum absolute atomic E-state index is 0.401. The molecule has 1 nitrogen and oxygen atoms in total. The molecule has 0 saturated carbocycles. The molecule has 0 aliphatic carbocycles. The van der Waals surface area contributed by atoms with Gasteiger partial charge in [-0.15, -0.1) is 0 Å². The highest BCUT2D eigenvalue weighted by atomic mass is 31.2. The largest absolute Gasteiger partial charge is 0.457 e. The van der Waals surface area contributed by atoms with Gasteiger partial charge in [-0.3, -0.25) is 0 Å². The zero-order valence-electron chi connectivity index (χ0n) is 22.0. The van der Waals surface area contributed by atoms with E-state index < -0.39 is 20.7 Å². The molecule has 0 radical (unpaired) electrons. The Morgan fingerprint density at radius 3 is 0.925 bits per heavy atom. The topological polar surface area (TPSA) is 9.23 Å². The van der Waals surface area contributed by atoms with Crippen LogP contribution in [-0.2, 0) is 4.90 Å². The van der Waals surface area contributed by atoms with Crippen molar-refractivity contribution in [3.05, 3.63) is 181 Å². The van der Waals surface area contributed by atoms with E-state index in [9.17, 15) is 0 Å². The van der Waals surface area contributed by atoms with Crippen molar-refractivity contribution >= 4 is 37.1 Å². The molecule has 6 aromatic carbocycles. The van der Waals surface area contributed by atoms with Crippen LogP contribution >= 0.6 is 15.8 Å². The summed E-state index contributed by atoms with van der Waals surface area (Å²) in [5.74, 6) is 1.89. The van der Waals surface area contributed by atoms with Gasteiger partial charge in [-0.1, -0.05) is 158 Å². The van der Waals surface area contributed by atoms with Gasteiger partial charge in [0.2, 0.25) is 0 Å². The standard InChI is InChI=1S/C37H28OP2/c1-5-17-29(18-6-1)39(30-19-7-2-8-20-30)37(40(31-21-9-3-10-22-31)32-23-11-4-12-24-32)33-25-13-15-27-35(33)38-36-28-16-14-26-34(36)37/h1-28H. The minimum atomic E-state index is -0.964. The Balaban J connectivity index is 1.70. The Hall–Kier alpha value is -4.02. The third-order valence-electron chi connectivity index (χ3n) is 7.45. The van der Waals surface area contributed by atoms with Gasteiger partial charge in [0.25, 0.3) is 0 Å². The molecule has 6 aromatic rings. The average molecular weight is 551 g/mol. The second-order valence-electron chi connectivity index (χ2n) is 9.78. The van der Waals surface area contributed by atoms with Crippen molar-refractivity contribution in [2.24, 2.45) is 0 Å². The molecule has 0 N–H and O–H groups in total. The highest BCUT2D eigenvalue weighted by molar-refractivity contribution is 7.90. The Labute approximate surface area is 238 Å². The van der Waals surface area contributed by atoms with Crippen LogP contribution in [0.4, 0.5) is 0 Å². The van der Waals surface area contributed by atoms with Crippen LogP contribution in [0.3, 0.4) is 0 Å². The van der Waals surface area contributed by atoms with Gasteiger partial charge < -0.3 is 4.74 Å². The zero-order valence-corrected chi connectivity index (χ0v) is 23.8. The Bertz CT molecular complexity index is 1510. The van der Waals surface area contributed by atoms with E-state index in [1.54, 1.807) is 0 Å². The molecular weight excluding hydrogens is 522 g/mol. The van der Waals surface area contributed by atoms with Gasteiger partial charge in [0.1, 0.15) is 11.5 Å². The monoisotopic (exact) mass is 550 g/mol. The second kappa shape index (κ2) is 10.9. The van der Waals surface area contributed by atoms with E-state index >= 15 is 0 Å². The lowest BCUT2D eigenvalue weighted by Crippen LogP contribution is -2.40. The summed E-state index contributed by atoms with van der Waals surface area (Å²) >= 11 is 0. The van der Waals surface area contributed by atoms with Gasteiger partial charge in [0.05, 0.1) is 4.90 Å². The molecule has 0 aromatic heterocycles. The molecule has 0 spiro atoms. The molecule has 0 atom stereocenters. The smallest absolute Gasteiger partial charge is 0.132 e. The first kappa shape index (κ1) is 25.0. The third-order valence-corrected chi connectivity index (χ3v) is 14.2. The van der Waals surface area contributed by atoms with Crippen molar-refractivity contribution in [3.63, 3.8) is 0 Å². The van der Waals surface area contributed by atoms with E-state index in [-0.39, 0.29) is 0 Å². The van der Waals surface area contributed by atoms with Gasteiger partial charge in [0.15, 0.2) is 0 Å². The predicted molar refractivity (Wildman–Crippen MR) is 172 cm³/mol. The van der Waals surface area contributed by atoms with Crippen molar-refractivity contribution in [1.29, 1.82) is 0 Å². The Morgan fingerprint density at radius 1 is 0.325 bits per heavy atom. The fraction of sp³-hybridized carbons (Fsp3) is 0.0270. The van der Waals surface area contributed by atoms with E-state index in [4.69, 9.17) is 4.74 Å². The molecule has 1 aliphatic heterocycles. The first-order valence-electron chi connectivity index (χ1n) is 13.5. The van der Waals surface area contributed by atoms with E-state index in [2.05, 4.69) is 170 Å². The molecule has 192 valence electrons. The van der Waals surface area contributed by atoms with Gasteiger partial charge in [-0.25, -0.2) is 0 Å². The summed E-state index contributed by atoms with van der Waals surface area (Å²) in [4.78, 5) is -0.401. The number of hydrogen-bond acceptors (Lipinski definition) is 1. The number of ether oxygens (including phenoxy) is 1. The maximum atomic E-state index is 6.70. The van der Waals surface area contributed by atoms with Crippen LogP contribution in [0.2, 0.25) is 0 Å². The SMILES string of the molecule is c1ccc(P(c2ccccc2)C2(P(c3ccccc3)c3ccccc3)c3ccccc3Oc3ccccc32)cc1. The number of hydrogen-bond donors (Lipinski definition) is 0. The molecule has 0 bridgehead atoms. The molecule has 0 saturated heterocycles. The normalized spacial score (nSPS) is 13.3. The maximum Gasteiger partial charge on any atom is 0.132 e. The highest BCUT2D eigenvalue weighted by Crippen LogP contribution is 2.77. The van der Waals surface area contributed by atoms with Crippen molar-refractivity contribution in [1.82, 2.24) is 0 Å². The third kappa shape index (κ3) is 4.18. The van der Waals surface area contributed by atoms with Crippen LogP contribution in [0.1, 0.15) is 11.1 Å². The summed E-state index contributed by atoms with van der Waals surface area (Å²) in [5.41, 5.74) is 2.51. The molecule has 1 aliphatic rings. The Kier molecular flexibility index (Phi) is 6.78. The van der Waals surface area contributed by atoms with Crippen LogP contribution in [0.15, 0.2) is 170 Å². The number of para-hydroxylation sites is 2. The fourth-order valence-corrected chi connectivity index (χ4v) is 13.7.